The molecule has 4 heteroatoms. The van der Waals surface area contributed by atoms with Crippen molar-refractivity contribution in [1.29, 1.82) is 0 Å². The van der Waals surface area contributed by atoms with Crippen molar-refractivity contribution in [3.63, 3.8) is 0 Å². The first kappa shape index (κ1) is 11.3. The van der Waals surface area contributed by atoms with Crippen LogP contribution < -0.4 is 0 Å². The molecule has 1 aromatic carbocycles. The SMILES string of the molecule is CN1CCc2nc3cc(Cl)ccc3c(Cl)c2C1. The molecule has 2 heterocycles. The normalized spacial score (nSPS) is 16.2. The third kappa shape index (κ3) is 1.90. The number of nitrogens with zero attached hydrogens (tertiary/aromatic N) is 2. The van der Waals surface area contributed by atoms with E-state index in [9.17, 15) is 0 Å². The van der Waals surface area contributed by atoms with Crippen molar-refractivity contribution >= 4 is 34.1 Å². The lowest BCUT2D eigenvalue weighted by Gasteiger charge is -2.25. The largest absolute Gasteiger partial charge is 0.302 e. The molecule has 17 heavy (non-hydrogen) atoms. The second-order valence-electron chi connectivity index (χ2n) is 4.50. The summed E-state index contributed by atoms with van der Waals surface area (Å²) in [5, 5.41) is 2.52. The van der Waals surface area contributed by atoms with Crippen LogP contribution >= 0.6 is 23.2 Å². The Morgan fingerprint density at radius 2 is 2.12 bits per heavy atom. The average molecular weight is 267 g/mol. The van der Waals surface area contributed by atoms with Crippen LogP contribution in [-0.4, -0.2) is 23.5 Å². The van der Waals surface area contributed by atoms with Crippen LogP contribution in [0, 0.1) is 0 Å². The predicted molar refractivity (Wildman–Crippen MR) is 71.8 cm³/mol. The van der Waals surface area contributed by atoms with Gasteiger partial charge < -0.3 is 4.90 Å². The summed E-state index contributed by atoms with van der Waals surface area (Å²) in [6.07, 6.45) is 0.952. The van der Waals surface area contributed by atoms with Gasteiger partial charge in [-0.2, -0.15) is 0 Å². The number of fused-ring (bicyclic) bond motifs is 2. The van der Waals surface area contributed by atoms with E-state index in [2.05, 4.69) is 16.9 Å². The summed E-state index contributed by atoms with van der Waals surface area (Å²) < 4.78 is 0. The zero-order valence-electron chi connectivity index (χ0n) is 9.50. The quantitative estimate of drug-likeness (QED) is 0.726. The van der Waals surface area contributed by atoms with Gasteiger partial charge in [0.1, 0.15) is 0 Å². The lowest BCUT2D eigenvalue weighted by Crippen LogP contribution is -2.27. The van der Waals surface area contributed by atoms with E-state index in [0.29, 0.717) is 5.02 Å². The van der Waals surface area contributed by atoms with Crippen LogP contribution in [0.25, 0.3) is 10.9 Å². The van der Waals surface area contributed by atoms with Gasteiger partial charge in [0.15, 0.2) is 0 Å². The van der Waals surface area contributed by atoms with Gasteiger partial charge in [-0.15, -0.1) is 0 Å². The van der Waals surface area contributed by atoms with Crippen LogP contribution in [-0.2, 0) is 13.0 Å². The predicted octanol–water partition coefficient (Wildman–Crippen LogP) is 3.53. The summed E-state index contributed by atoms with van der Waals surface area (Å²) >= 11 is 12.5. The summed E-state index contributed by atoms with van der Waals surface area (Å²) in [5.41, 5.74) is 3.17. The van der Waals surface area contributed by atoms with E-state index in [1.807, 2.05) is 18.2 Å². The molecule has 1 aliphatic rings. The van der Waals surface area contributed by atoms with E-state index in [0.717, 1.165) is 46.7 Å². The molecule has 0 saturated carbocycles. The smallest absolute Gasteiger partial charge is 0.0735 e. The molecule has 0 spiro atoms. The van der Waals surface area contributed by atoms with Crippen molar-refractivity contribution in [1.82, 2.24) is 9.88 Å². The van der Waals surface area contributed by atoms with Gasteiger partial charge in [-0.3, -0.25) is 4.98 Å². The molecule has 0 bridgehead atoms. The van der Waals surface area contributed by atoms with Crippen LogP contribution in [0.3, 0.4) is 0 Å². The molecule has 0 atom stereocenters. The van der Waals surface area contributed by atoms with Crippen molar-refractivity contribution in [2.24, 2.45) is 0 Å². The maximum Gasteiger partial charge on any atom is 0.0735 e. The first-order valence-electron chi connectivity index (χ1n) is 5.60. The Balaban J connectivity index is 2.28. The maximum absolute atomic E-state index is 6.47. The summed E-state index contributed by atoms with van der Waals surface area (Å²) in [6.45, 7) is 1.90. The Hall–Kier alpha value is -0.830. The second kappa shape index (κ2) is 4.13. The van der Waals surface area contributed by atoms with Gasteiger partial charge in [-0.05, 0) is 25.2 Å². The molecule has 0 fully saturated rings. The van der Waals surface area contributed by atoms with Gasteiger partial charge in [0.2, 0.25) is 0 Å². The van der Waals surface area contributed by atoms with Crippen molar-refractivity contribution < 1.29 is 0 Å². The lowest BCUT2D eigenvalue weighted by molar-refractivity contribution is 0.310. The van der Waals surface area contributed by atoms with E-state index in [1.54, 1.807) is 0 Å². The molecular weight excluding hydrogens is 255 g/mol. The van der Waals surface area contributed by atoms with Crippen LogP contribution in [0.2, 0.25) is 10.0 Å². The number of hydrogen-bond donors (Lipinski definition) is 0. The van der Waals surface area contributed by atoms with Crippen LogP contribution in [0.15, 0.2) is 18.2 Å². The van der Waals surface area contributed by atoms with Gasteiger partial charge in [0.25, 0.3) is 0 Å². The van der Waals surface area contributed by atoms with E-state index in [1.165, 1.54) is 0 Å². The number of pyridine rings is 1. The standard InChI is InChI=1S/C13H12Cl2N2/c1-17-5-4-11-10(7-17)13(15)9-3-2-8(14)6-12(9)16-11/h2-3,6H,4-5,7H2,1H3. The van der Waals surface area contributed by atoms with E-state index in [-0.39, 0.29) is 0 Å². The Kier molecular flexibility index (Phi) is 2.74. The fourth-order valence-corrected chi connectivity index (χ4v) is 2.79. The van der Waals surface area contributed by atoms with Gasteiger partial charge in [-0.25, -0.2) is 0 Å². The number of benzene rings is 1. The Morgan fingerprint density at radius 1 is 1.29 bits per heavy atom. The zero-order valence-corrected chi connectivity index (χ0v) is 11.0. The van der Waals surface area contributed by atoms with Crippen LogP contribution in [0.4, 0.5) is 0 Å². The highest BCUT2D eigenvalue weighted by Gasteiger charge is 2.19. The number of aromatic nitrogens is 1. The highest BCUT2D eigenvalue weighted by molar-refractivity contribution is 6.37. The van der Waals surface area contributed by atoms with Crippen LogP contribution in [0.5, 0.6) is 0 Å². The summed E-state index contributed by atoms with van der Waals surface area (Å²) in [7, 11) is 2.10. The zero-order chi connectivity index (χ0) is 12.0. The monoisotopic (exact) mass is 266 g/mol. The summed E-state index contributed by atoms with van der Waals surface area (Å²) in [5.74, 6) is 0. The fourth-order valence-electron chi connectivity index (χ4n) is 2.30. The molecule has 3 rings (SSSR count). The molecule has 1 aliphatic heterocycles. The molecule has 2 nitrogen and oxygen atoms in total. The van der Waals surface area contributed by atoms with Gasteiger partial charge in [-0.1, -0.05) is 23.2 Å². The minimum atomic E-state index is 0.703. The van der Waals surface area contributed by atoms with E-state index < -0.39 is 0 Å². The molecule has 0 amide bonds. The average Bonchev–Trinajstić information content (AvgIpc) is 2.30. The third-order valence-electron chi connectivity index (χ3n) is 3.22. The van der Waals surface area contributed by atoms with Gasteiger partial charge >= 0.3 is 0 Å². The number of halogens is 2. The first-order chi connectivity index (χ1) is 8.15. The van der Waals surface area contributed by atoms with Crippen molar-refractivity contribution in [3.8, 4) is 0 Å². The molecule has 1 aromatic heterocycles. The van der Waals surface area contributed by atoms with Crippen LogP contribution in [0.1, 0.15) is 11.3 Å². The van der Waals surface area contributed by atoms with Crippen molar-refractivity contribution in [2.75, 3.05) is 13.6 Å². The van der Waals surface area contributed by atoms with Crippen molar-refractivity contribution in [2.45, 2.75) is 13.0 Å². The fraction of sp³-hybridized carbons (Fsp3) is 0.308. The third-order valence-corrected chi connectivity index (χ3v) is 3.89. The number of likely N-dealkylation sites (N-methyl/N-ethyl adjacent to an activating group) is 1. The first-order valence-corrected chi connectivity index (χ1v) is 6.36. The van der Waals surface area contributed by atoms with Gasteiger partial charge in [0, 0.05) is 41.2 Å². The summed E-state index contributed by atoms with van der Waals surface area (Å²) in [4.78, 5) is 6.94. The van der Waals surface area contributed by atoms with E-state index in [4.69, 9.17) is 23.2 Å². The Bertz CT molecular complexity index is 595. The summed E-state index contributed by atoms with van der Waals surface area (Å²) in [6, 6.07) is 5.68. The Labute approximate surface area is 110 Å². The highest BCUT2D eigenvalue weighted by atomic mass is 35.5. The lowest BCUT2D eigenvalue weighted by atomic mass is 10.0. The molecule has 0 unspecified atom stereocenters. The molecule has 88 valence electrons. The topological polar surface area (TPSA) is 16.1 Å². The second-order valence-corrected chi connectivity index (χ2v) is 5.31. The number of hydrogen-bond acceptors (Lipinski definition) is 2. The molecule has 0 saturated heterocycles. The molecule has 2 aromatic rings. The molecule has 0 aliphatic carbocycles. The van der Waals surface area contributed by atoms with E-state index >= 15 is 0 Å². The Morgan fingerprint density at radius 3 is 2.94 bits per heavy atom. The van der Waals surface area contributed by atoms with Gasteiger partial charge in [0.05, 0.1) is 10.5 Å². The van der Waals surface area contributed by atoms with Crippen molar-refractivity contribution in [3.05, 3.63) is 39.5 Å². The number of rotatable bonds is 0. The minimum Gasteiger partial charge on any atom is -0.302 e. The molecule has 0 radical (unpaired) electrons. The molecule has 0 N–H and O–H groups in total. The molecular formula is C13H12Cl2N2. The highest BCUT2D eigenvalue weighted by Crippen LogP contribution is 2.32. The minimum absolute atomic E-state index is 0.703. The maximum atomic E-state index is 6.47.